The molecule has 2 rings (SSSR count). The van der Waals surface area contributed by atoms with Gasteiger partial charge in [0.1, 0.15) is 0 Å². The van der Waals surface area contributed by atoms with Gasteiger partial charge >= 0.3 is 0 Å². The molecule has 2 aromatic rings. The number of aromatic nitrogens is 2. The second kappa shape index (κ2) is 3.45. The van der Waals surface area contributed by atoms with Gasteiger partial charge in [-0.05, 0) is 18.2 Å². The molecule has 13 heavy (non-hydrogen) atoms. The fraction of sp³-hybridized carbons (Fsp3) is 0. The molecule has 0 unspecified atom stereocenters. The third-order valence-electron chi connectivity index (χ3n) is 1.53. The first-order chi connectivity index (χ1) is 6.40. The van der Waals surface area contributed by atoms with E-state index in [0.29, 0.717) is 10.7 Å². The maximum atomic E-state index is 10.4. The molecule has 4 heteroatoms. The van der Waals surface area contributed by atoms with Crippen LogP contribution in [0.1, 0.15) is 9.67 Å². The molecular weight excluding hydrogens is 184 g/mol. The van der Waals surface area contributed by atoms with Gasteiger partial charge in [-0.2, -0.15) is 0 Å². The lowest BCUT2D eigenvalue weighted by molar-refractivity contribution is 0.112. The number of rotatable bonds is 2. The summed E-state index contributed by atoms with van der Waals surface area (Å²) in [6, 6.07) is 5.38. The maximum Gasteiger partial charge on any atom is 0.169 e. The minimum atomic E-state index is 0.667. The molecule has 3 nitrogen and oxygen atoms in total. The molecule has 0 aromatic carbocycles. The average Bonchev–Trinajstić information content (AvgIpc) is 2.67. The minimum Gasteiger partial charge on any atom is -0.297 e. The second-order valence-electron chi connectivity index (χ2n) is 2.39. The predicted octanol–water partition coefficient (Wildman–Crippen LogP) is 2.02. The normalized spacial score (nSPS) is 9.85. The molecule has 0 bridgehead atoms. The summed E-state index contributed by atoms with van der Waals surface area (Å²) in [7, 11) is 0. The standard InChI is InChI=1S/C9H6N2OS/c12-6-7-2-3-8(13-7)9-10-4-1-5-11-9/h1-6H. The zero-order valence-corrected chi connectivity index (χ0v) is 7.49. The van der Waals surface area contributed by atoms with Crippen LogP contribution in [0.3, 0.4) is 0 Å². The van der Waals surface area contributed by atoms with Crippen molar-refractivity contribution in [3.63, 3.8) is 0 Å². The summed E-state index contributed by atoms with van der Waals surface area (Å²) in [4.78, 5) is 20.2. The summed E-state index contributed by atoms with van der Waals surface area (Å²) < 4.78 is 0. The van der Waals surface area contributed by atoms with Gasteiger partial charge in [0.05, 0.1) is 9.75 Å². The Kier molecular flexibility index (Phi) is 2.14. The van der Waals surface area contributed by atoms with Crippen LogP contribution < -0.4 is 0 Å². The van der Waals surface area contributed by atoms with E-state index in [4.69, 9.17) is 0 Å². The van der Waals surface area contributed by atoms with Gasteiger partial charge in [0.25, 0.3) is 0 Å². The predicted molar refractivity (Wildman–Crippen MR) is 50.7 cm³/mol. The molecule has 64 valence electrons. The lowest BCUT2D eigenvalue weighted by atomic mass is 10.4. The van der Waals surface area contributed by atoms with Crippen LogP contribution in [0.15, 0.2) is 30.6 Å². The third kappa shape index (κ3) is 1.62. The quantitative estimate of drug-likeness (QED) is 0.680. The van der Waals surface area contributed by atoms with Crippen molar-refractivity contribution in [2.75, 3.05) is 0 Å². The van der Waals surface area contributed by atoms with Crippen molar-refractivity contribution in [3.05, 3.63) is 35.5 Å². The smallest absolute Gasteiger partial charge is 0.169 e. The summed E-state index contributed by atoms with van der Waals surface area (Å²) in [5, 5.41) is 0. The second-order valence-corrected chi connectivity index (χ2v) is 3.51. The van der Waals surface area contributed by atoms with Gasteiger partial charge in [0, 0.05) is 12.4 Å². The first-order valence-electron chi connectivity index (χ1n) is 3.72. The van der Waals surface area contributed by atoms with E-state index in [-0.39, 0.29) is 0 Å². The molecule has 2 aromatic heterocycles. The topological polar surface area (TPSA) is 42.9 Å². The molecule has 0 aliphatic carbocycles. The van der Waals surface area contributed by atoms with E-state index in [9.17, 15) is 4.79 Å². The summed E-state index contributed by atoms with van der Waals surface area (Å²) in [5.41, 5.74) is 0. The highest BCUT2D eigenvalue weighted by Crippen LogP contribution is 2.23. The number of thiophene rings is 1. The van der Waals surface area contributed by atoms with E-state index < -0.39 is 0 Å². The molecular formula is C9H6N2OS. The fourth-order valence-electron chi connectivity index (χ4n) is 0.963. The fourth-order valence-corrected chi connectivity index (χ4v) is 1.73. The molecule has 0 atom stereocenters. The monoisotopic (exact) mass is 190 g/mol. The van der Waals surface area contributed by atoms with Gasteiger partial charge in [-0.1, -0.05) is 0 Å². The van der Waals surface area contributed by atoms with E-state index in [1.807, 2.05) is 6.07 Å². The molecule has 0 aliphatic rings. The number of hydrogen-bond acceptors (Lipinski definition) is 4. The lowest BCUT2D eigenvalue weighted by Gasteiger charge is -1.91. The van der Waals surface area contributed by atoms with Crippen molar-refractivity contribution in [3.8, 4) is 10.7 Å². The van der Waals surface area contributed by atoms with E-state index >= 15 is 0 Å². The van der Waals surface area contributed by atoms with Crippen LogP contribution in [0.2, 0.25) is 0 Å². The lowest BCUT2D eigenvalue weighted by Crippen LogP contribution is -1.81. The molecule has 0 spiro atoms. The van der Waals surface area contributed by atoms with E-state index in [1.54, 1.807) is 24.5 Å². The van der Waals surface area contributed by atoms with Gasteiger partial charge in [-0.15, -0.1) is 11.3 Å². The average molecular weight is 190 g/mol. The van der Waals surface area contributed by atoms with Crippen LogP contribution in [0.5, 0.6) is 0 Å². The van der Waals surface area contributed by atoms with E-state index in [1.165, 1.54) is 11.3 Å². The highest BCUT2D eigenvalue weighted by Gasteiger charge is 2.02. The summed E-state index contributed by atoms with van der Waals surface area (Å²) in [6.45, 7) is 0. The van der Waals surface area contributed by atoms with Crippen molar-refractivity contribution in [2.24, 2.45) is 0 Å². The Morgan fingerprint density at radius 3 is 2.62 bits per heavy atom. The molecule has 0 N–H and O–H groups in total. The first kappa shape index (κ1) is 8.07. The van der Waals surface area contributed by atoms with Crippen LogP contribution >= 0.6 is 11.3 Å². The van der Waals surface area contributed by atoms with Crippen LogP contribution in [-0.4, -0.2) is 16.3 Å². The SMILES string of the molecule is O=Cc1ccc(-c2ncccn2)s1. The van der Waals surface area contributed by atoms with Crippen LogP contribution in [0.4, 0.5) is 0 Å². The number of carbonyl (C=O) groups is 1. The summed E-state index contributed by atoms with van der Waals surface area (Å²) in [5.74, 6) is 0.667. The van der Waals surface area contributed by atoms with Gasteiger partial charge in [0.2, 0.25) is 0 Å². The Morgan fingerprint density at radius 1 is 1.23 bits per heavy atom. The first-order valence-corrected chi connectivity index (χ1v) is 4.54. The Hall–Kier alpha value is -1.55. The van der Waals surface area contributed by atoms with Crippen molar-refractivity contribution >= 4 is 17.6 Å². The maximum absolute atomic E-state index is 10.4. The third-order valence-corrected chi connectivity index (χ3v) is 2.54. The van der Waals surface area contributed by atoms with Crippen molar-refractivity contribution < 1.29 is 4.79 Å². The molecule has 0 aliphatic heterocycles. The molecule has 0 amide bonds. The van der Waals surface area contributed by atoms with Gasteiger partial charge in [-0.25, -0.2) is 9.97 Å². The van der Waals surface area contributed by atoms with Gasteiger partial charge < -0.3 is 0 Å². The Balaban J connectivity index is 2.41. The van der Waals surface area contributed by atoms with Gasteiger partial charge in [0.15, 0.2) is 12.1 Å². The van der Waals surface area contributed by atoms with E-state index in [0.717, 1.165) is 11.2 Å². The summed E-state index contributed by atoms with van der Waals surface area (Å²) >= 11 is 1.39. The number of carbonyl (C=O) groups excluding carboxylic acids is 1. The van der Waals surface area contributed by atoms with E-state index in [2.05, 4.69) is 9.97 Å². The van der Waals surface area contributed by atoms with Crippen LogP contribution in [0, 0.1) is 0 Å². The zero-order chi connectivity index (χ0) is 9.10. The molecule has 0 saturated carbocycles. The highest BCUT2D eigenvalue weighted by atomic mass is 32.1. The number of aldehydes is 1. The van der Waals surface area contributed by atoms with Crippen LogP contribution in [0.25, 0.3) is 10.7 Å². The molecule has 0 radical (unpaired) electrons. The number of nitrogens with zero attached hydrogens (tertiary/aromatic N) is 2. The van der Waals surface area contributed by atoms with Crippen molar-refractivity contribution in [1.82, 2.24) is 9.97 Å². The molecule has 0 fully saturated rings. The zero-order valence-electron chi connectivity index (χ0n) is 6.68. The van der Waals surface area contributed by atoms with Crippen molar-refractivity contribution in [1.29, 1.82) is 0 Å². The van der Waals surface area contributed by atoms with Crippen LogP contribution in [-0.2, 0) is 0 Å². The molecule has 0 saturated heterocycles. The largest absolute Gasteiger partial charge is 0.297 e. The number of hydrogen-bond donors (Lipinski definition) is 0. The minimum absolute atomic E-state index is 0.667. The van der Waals surface area contributed by atoms with Gasteiger partial charge in [-0.3, -0.25) is 4.79 Å². The Labute approximate surface area is 79.1 Å². The Bertz CT molecular complexity index is 411. The summed E-state index contributed by atoms with van der Waals surface area (Å²) in [6.07, 6.45) is 4.20. The molecule has 2 heterocycles. The Morgan fingerprint density at radius 2 is 2.00 bits per heavy atom. The van der Waals surface area contributed by atoms with Crippen molar-refractivity contribution in [2.45, 2.75) is 0 Å². The highest BCUT2D eigenvalue weighted by molar-refractivity contribution is 7.16.